The quantitative estimate of drug-likeness (QED) is 0.706. The second-order valence-corrected chi connectivity index (χ2v) is 9.68. The van der Waals surface area contributed by atoms with Crippen molar-refractivity contribution in [3.8, 4) is 0 Å². The average Bonchev–Trinajstić information content (AvgIpc) is 2.98. The molecule has 7 nitrogen and oxygen atoms in total. The molecule has 2 fully saturated rings. The average molecular weight is 440 g/mol. The van der Waals surface area contributed by atoms with Crippen LogP contribution in [-0.4, -0.2) is 65.6 Å². The van der Waals surface area contributed by atoms with E-state index in [1.165, 1.54) is 0 Å². The zero-order chi connectivity index (χ0) is 22.2. The van der Waals surface area contributed by atoms with Crippen molar-refractivity contribution >= 4 is 38.8 Å². The van der Waals surface area contributed by atoms with Gasteiger partial charge in [-0.25, -0.2) is 0 Å². The molecule has 2 saturated heterocycles. The highest BCUT2D eigenvalue weighted by molar-refractivity contribution is 7.18. The minimum Gasteiger partial charge on any atom is -0.343 e. The van der Waals surface area contributed by atoms with Gasteiger partial charge in [0.1, 0.15) is 5.54 Å². The first kappa shape index (κ1) is 21.7. The van der Waals surface area contributed by atoms with Crippen molar-refractivity contribution in [2.45, 2.75) is 37.9 Å². The minimum absolute atomic E-state index is 0.0983. The van der Waals surface area contributed by atoms with Crippen LogP contribution in [0.3, 0.4) is 0 Å². The molecule has 0 radical (unpaired) electrons. The second-order valence-electron chi connectivity index (χ2n) is 8.82. The Hall–Kier alpha value is -2.53. The van der Waals surface area contributed by atoms with Gasteiger partial charge in [-0.15, -0.1) is 9.24 Å². The van der Waals surface area contributed by atoms with Crippen LogP contribution in [0.5, 0.6) is 0 Å². The van der Waals surface area contributed by atoms with Crippen molar-refractivity contribution in [2.24, 2.45) is 10.9 Å². The summed E-state index contributed by atoms with van der Waals surface area (Å²) >= 11 is 0. The van der Waals surface area contributed by atoms with E-state index in [1.807, 2.05) is 42.3 Å². The first-order valence-corrected chi connectivity index (χ1v) is 11.5. The lowest BCUT2D eigenvalue weighted by Gasteiger charge is -2.33. The maximum absolute atomic E-state index is 13.4. The predicted molar refractivity (Wildman–Crippen MR) is 126 cm³/mol. The van der Waals surface area contributed by atoms with Crippen molar-refractivity contribution in [3.63, 3.8) is 0 Å². The van der Waals surface area contributed by atoms with Gasteiger partial charge < -0.3 is 10.2 Å². The normalized spacial score (nSPS) is 26.8. The monoisotopic (exact) mass is 439 g/mol. The number of hydrogen-bond donors (Lipinski definition) is 2. The molecule has 3 heterocycles. The Balaban J connectivity index is 1.51. The van der Waals surface area contributed by atoms with Crippen LogP contribution in [0.4, 0.5) is 0 Å². The van der Waals surface area contributed by atoms with Gasteiger partial charge >= 0.3 is 0 Å². The highest BCUT2D eigenvalue weighted by Crippen LogP contribution is 2.32. The number of nitrogens with zero attached hydrogens (tertiary/aromatic N) is 3. The number of rotatable bonds is 4. The van der Waals surface area contributed by atoms with Crippen LogP contribution in [0.15, 0.2) is 35.3 Å². The van der Waals surface area contributed by atoms with Gasteiger partial charge in [-0.2, -0.15) is 0 Å². The van der Waals surface area contributed by atoms with Gasteiger partial charge in [-0.1, -0.05) is 24.3 Å². The van der Waals surface area contributed by atoms with Crippen LogP contribution in [0.1, 0.15) is 37.8 Å². The van der Waals surface area contributed by atoms with Crippen molar-refractivity contribution in [1.82, 2.24) is 15.1 Å². The van der Waals surface area contributed by atoms with E-state index in [1.54, 1.807) is 11.8 Å². The highest BCUT2D eigenvalue weighted by atomic mass is 31.0. The molecule has 3 unspecified atom stereocenters. The number of guanidine groups is 1. The first-order chi connectivity index (χ1) is 14.8. The number of carbonyl (C=O) groups excluding carboxylic acids is 2. The smallest absolute Gasteiger partial charge is 0.259 e. The van der Waals surface area contributed by atoms with Gasteiger partial charge in [-0.3, -0.25) is 24.9 Å². The van der Waals surface area contributed by atoms with E-state index in [-0.39, 0.29) is 23.7 Å². The number of benzene rings is 1. The minimum atomic E-state index is -0.972. The SMILES string of the molecule is CC(=O)N1CCC(CN2C(=N)NC(C)(c3cccc(C4=CC(P)CN=C4)c3)C2=O)CC1. The summed E-state index contributed by atoms with van der Waals surface area (Å²) in [5, 5.41) is 11.6. The number of piperidine rings is 1. The summed E-state index contributed by atoms with van der Waals surface area (Å²) in [6, 6.07) is 7.94. The summed E-state index contributed by atoms with van der Waals surface area (Å²) in [5.41, 5.74) is 2.24. The van der Waals surface area contributed by atoms with E-state index < -0.39 is 5.54 Å². The molecule has 0 saturated carbocycles. The van der Waals surface area contributed by atoms with Crippen LogP contribution < -0.4 is 5.32 Å². The van der Waals surface area contributed by atoms with E-state index in [4.69, 9.17) is 5.41 Å². The standard InChI is InChI=1S/C23H30N5O2P/c1-15(29)27-8-6-16(7-9-27)14-28-21(30)23(2,26-22(28)24)19-5-3-4-17(10-19)18-11-20(31)13-25-12-18/h3-5,10-12,16,20H,6-9,13-14,31H2,1-2H3,(H2,24,26). The summed E-state index contributed by atoms with van der Waals surface area (Å²) in [4.78, 5) is 32.8. The molecule has 3 aliphatic rings. The second kappa shape index (κ2) is 8.54. The number of carbonyl (C=O) groups is 2. The Morgan fingerprint density at radius 3 is 2.77 bits per heavy atom. The first-order valence-electron chi connectivity index (χ1n) is 10.8. The third kappa shape index (κ3) is 4.29. The topological polar surface area (TPSA) is 88.9 Å². The largest absolute Gasteiger partial charge is 0.343 e. The van der Waals surface area contributed by atoms with Crippen molar-refractivity contribution in [3.05, 3.63) is 41.5 Å². The van der Waals surface area contributed by atoms with E-state index in [2.05, 4.69) is 25.6 Å². The molecule has 0 bridgehead atoms. The lowest BCUT2D eigenvalue weighted by Crippen LogP contribution is -2.43. The Labute approximate surface area is 185 Å². The Bertz CT molecular complexity index is 966. The summed E-state index contributed by atoms with van der Waals surface area (Å²) in [6.07, 6.45) is 5.76. The summed E-state index contributed by atoms with van der Waals surface area (Å²) in [7, 11) is 2.79. The van der Waals surface area contributed by atoms with Crippen LogP contribution >= 0.6 is 9.24 Å². The van der Waals surface area contributed by atoms with Gasteiger partial charge in [0.15, 0.2) is 5.96 Å². The summed E-state index contributed by atoms with van der Waals surface area (Å²) in [5.74, 6) is 0.441. The van der Waals surface area contributed by atoms with Gasteiger partial charge in [0.25, 0.3) is 5.91 Å². The zero-order valence-electron chi connectivity index (χ0n) is 18.1. The fraction of sp³-hybridized carbons (Fsp3) is 0.478. The molecule has 8 heteroatoms. The van der Waals surface area contributed by atoms with Gasteiger partial charge in [0.2, 0.25) is 5.91 Å². The van der Waals surface area contributed by atoms with Crippen LogP contribution in [0.25, 0.3) is 5.57 Å². The molecule has 2 amide bonds. The number of aliphatic imine (C=N–C) groups is 1. The van der Waals surface area contributed by atoms with E-state index in [0.717, 1.165) is 49.2 Å². The lowest BCUT2D eigenvalue weighted by atomic mass is 9.89. The Morgan fingerprint density at radius 1 is 1.35 bits per heavy atom. The summed E-state index contributed by atoms with van der Waals surface area (Å²) in [6.45, 7) is 6.16. The molecule has 0 spiro atoms. The molecule has 2 N–H and O–H groups in total. The maximum atomic E-state index is 13.4. The lowest BCUT2D eigenvalue weighted by molar-refractivity contribution is -0.133. The summed E-state index contributed by atoms with van der Waals surface area (Å²) < 4.78 is 0. The van der Waals surface area contributed by atoms with E-state index in [0.29, 0.717) is 12.2 Å². The molecule has 4 rings (SSSR count). The molecule has 0 aliphatic carbocycles. The number of amides is 2. The number of hydrogen-bond acceptors (Lipinski definition) is 4. The number of likely N-dealkylation sites (tertiary alicyclic amines) is 1. The molecule has 1 aromatic rings. The van der Waals surface area contributed by atoms with E-state index in [9.17, 15) is 9.59 Å². The van der Waals surface area contributed by atoms with Gasteiger partial charge in [0.05, 0.1) is 0 Å². The highest BCUT2D eigenvalue weighted by Gasteiger charge is 2.47. The molecule has 164 valence electrons. The molecule has 3 atom stereocenters. The predicted octanol–water partition coefficient (Wildman–Crippen LogP) is 2.24. The van der Waals surface area contributed by atoms with Crippen LogP contribution in [0, 0.1) is 11.3 Å². The third-order valence-electron chi connectivity index (χ3n) is 6.53. The zero-order valence-corrected chi connectivity index (χ0v) is 19.3. The third-order valence-corrected chi connectivity index (χ3v) is 6.93. The fourth-order valence-electron chi connectivity index (χ4n) is 4.57. The fourth-order valence-corrected chi connectivity index (χ4v) is 4.90. The molecular formula is C23H30N5O2P. The molecule has 0 aromatic heterocycles. The number of nitrogens with one attached hydrogen (secondary N) is 2. The van der Waals surface area contributed by atoms with Crippen molar-refractivity contribution in [1.29, 1.82) is 5.41 Å². The van der Waals surface area contributed by atoms with Crippen molar-refractivity contribution < 1.29 is 9.59 Å². The maximum Gasteiger partial charge on any atom is 0.259 e. The van der Waals surface area contributed by atoms with E-state index >= 15 is 0 Å². The Kier molecular flexibility index (Phi) is 5.98. The number of dihydropyridines is 1. The van der Waals surface area contributed by atoms with Gasteiger partial charge in [-0.05, 0) is 48.4 Å². The molecule has 3 aliphatic heterocycles. The Morgan fingerprint density at radius 2 is 2.10 bits per heavy atom. The van der Waals surface area contributed by atoms with Crippen LogP contribution in [0.2, 0.25) is 0 Å². The number of allylic oxidation sites excluding steroid dienone is 1. The molecule has 31 heavy (non-hydrogen) atoms. The van der Waals surface area contributed by atoms with Crippen molar-refractivity contribution in [2.75, 3.05) is 26.2 Å². The molecular weight excluding hydrogens is 409 g/mol. The van der Waals surface area contributed by atoms with Crippen LogP contribution in [-0.2, 0) is 15.1 Å². The molecule has 1 aromatic carbocycles. The van der Waals surface area contributed by atoms with Gasteiger partial charge in [0, 0.05) is 45.0 Å².